The van der Waals surface area contributed by atoms with Gasteiger partial charge in [-0.3, -0.25) is 4.79 Å². The maximum atomic E-state index is 12.4. The van der Waals surface area contributed by atoms with Crippen molar-refractivity contribution in [1.82, 2.24) is 0 Å². The maximum absolute atomic E-state index is 12.4. The molecule has 0 amide bonds. The molecule has 0 aromatic heterocycles. The molecule has 0 spiro atoms. The lowest BCUT2D eigenvalue weighted by atomic mass is 10.3. The van der Waals surface area contributed by atoms with Gasteiger partial charge in [0.2, 0.25) is 9.84 Å². The van der Waals surface area contributed by atoms with Crippen LogP contribution in [0.1, 0.15) is 6.42 Å². The van der Waals surface area contributed by atoms with E-state index in [1.165, 1.54) is 36.4 Å². The van der Waals surface area contributed by atoms with Crippen LogP contribution in [0.25, 0.3) is 0 Å². The topological polar surface area (TPSA) is 109 Å². The summed E-state index contributed by atoms with van der Waals surface area (Å²) >= 11 is 0. The first-order valence-corrected chi connectivity index (χ1v) is 8.04. The van der Waals surface area contributed by atoms with Gasteiger partial charge in [0.05, 0.1) is 16.2 Å². The van der Waals surface area contributed by atoms with Gasteiger partial charge >= 0.3 is 5.97 Å². The van der Waals surface area contributed by atoms with E-state index in [1.807, 2.05) is 0 Å². The molecule has 6 nitrogen and oxygen atoms in total. The fraction of sp³-hybridized carbons (Fsp3) is 0.133. The van der Waals surface area contributed by atoms with Crippen molar-refractivity contribution in [2.75, 3.05) is 17.6 Å². The first-order valence-electron chi connectivity index (χ1n) is 6.56. The van der Waals surface area contributed by atoms with Gasteiger partial charge in [-0.15, -0.1) is 0 Å². The predicted octanol–water partition coefficient (Wildman–Crippen LogP) is 1.99. The monoisotopic (exact) mass is 320 g/mol. The zero-order valence-corrected chi connectivity index (χ0v) is 12.5. The van der Waals surface area contributed by atoms with E-state index in [9.17, 15) is 13.2 Å². The molecule has 0 bridgehead atoms. The number of benzene rings is 2. The second kappa shape index (κ2) is 6.48. The van der Waals surface area contributed by atoms with Crippen LogP contribution in [0.3, 0.4) is 0 Å². The number of carboxylic acid groups (broad SMARTS) is 1. The Kier molecular flexibility index (Phi) is 4.67. The fourth-order valence-electron chi connectivity index (χ4n) is 1.85. The Labute approximate surface area is 128 Å². The fourth-order valence-corrected chi connectivity index (χ4v) is 3.11. The zero-order chi connectivity index (χ0) is 16.2. The summed E-state index contributed by atoms with van der Waals surface area (Å²) in [6.45, 7) is 0.277. The van der Waals surface area contributed by atoms with E-state index < -0.39 is 15.8 Å². The zero-order valence-electron chi connectivity index (χ0n) is 11.7. The molecule has 0 fully saturated rings. The van der Waals surface area contributed by atoms with Gasteiger partial charge in [0.1, 0.15) is 0 Å². The average Bonchev–Trinajstić information content (AvgIpc) is 2.48. The van der Waals surface area contributed by atoms with Crippen LogP contribution in [0, 0.1) is 0 Å². The Morgan fingerprint density at radius 1 is 1.00 bits per heavy atom. The van der Waals surface area contributed by atoms with E-state index in [0.29, 0.717) is 11.4 Å². The summed E-state index contributed by atoms with van der Waals surface area (Å²) in [5, 5.41) is 11.5. The third-order valence-corrected chi connectivity index (χ3v) is 4.81. The van der Waals surface area contributed by atoms with E-state index >= 15 is 0 Å². The summed E-state index contributed by atoms with van der Waals surface area (Å²) in [7, 11) is -3.58. The van der Waals surface area contributed by atoms with Gasteiger partial charge < -0.3 is 16.2 Å². The van der Waals surface area contributed by atoms with E-state index in [4.69, 9.17) is 10.8 Å². The molecule has 0 atom stereocenters. The highest BCUT2D eigenvalue weighted by Crippen LogP contribution is 2.23. The molecule has 7 heteroatoms. The highest BCUT2D eigenvalue weighted by molar-refractivity contribution is 7.91. The van der Waals surface area contributed by atoms with Crippen molar-refractivity contribution < 1.29 is 18.3 Å². The molecule has 0 aliphatic carbocycles. The van der Waals surface area contributed by atoms with Crippen molar-refractivity contribution in [2.24, 2.45) is 0 Å². The average molecular weight is 320 g/mol. The Bertz CT molecular complexity index is 753. The van der Waals surface area contributed by atoms with Crippen molar-refractivity contribution in [3.63, 3.8) is 0 Å². The molecule has 0 unspecified atom stereocenters. The molecular formula is C15H16N2O4S. The maximum Gasteiger partial charge on any atom is 0.305 e. The van der Waals surface area contributed by atoms with Crippen molar-refractivity contribution in [3.05, 3.63) is 48.5 Å². The van der Waals surface area contributed by atoms with E-state index in [1.54, 1.807) is 12.1 Å². The number of nitrogens with two attached hydrogens (primary N) is 1. The Balaban J connectivity index is 2.15. The largest absolute Gasteiger partial charge is 0.481 e. The Hall–Kier alpha value is -2.54. The summed E-state index contributed by atoms with van der Waals surface area (Å²) in [6.07, 6.45) is -0.00844. The number of sulfone groups is 1. The number of carbonyl (C=O) groups is 1. The standard InChI is InChI=1S/C15H16N2O4S/c16-11-1-5-13(6-2-11)22(20,21)14-7-3-12(4-8-14)17-10-9-15(18)19/h1-8,17H,9-10,16H2,(H,18,19). The number of anilines is 2. The second-order valence-electron chi connectivity index (χ2n) is 4.67. The molecule has 0 saturated heterocycles. The van der Waals surface area contributed by atoms with Gasteiger partial charge in [0.25, 0.3) is 0 Å². The van der Waals surface area contributed by atoms with E-state index in [0.717, 1.165) is 0 Å². The van der Waals surface area contributed by atoms with Crippen LogP contribution in [0.2, 0.25) is 0 Å². The number of rotatable bonds is 6. The van der Waals surface area contributed by atoms with E-state index in [2.05, 4.69) is 5.32 Å². The van der Waals surface area contributed by atoms with Crippen LogP contribution in [0.5, 0.6) is 0 Å². The van der Waals surface area contributed by atoms with Gasteiger partial charge in [-0.2, -0.15) is 0 Å². The molecule has 0 radical (unpaired) electrons. The molecule has 116 valence electrons. The second-order valence-corrected chi connectivity index (χ2v) is 6.62. The van der Waals surface area contributed by atoms with E-state index in [-0.39, 0.29) is 22.8 Å². The summed E-state index contributed by atoms with van der Waals surface area (Å²) in [5.41, 5.74) is 6.71. The molecule has 4 N–H and O–H groups in total. The smallest absolute Gasteiger partial charge is 0.305 e. The summed E-state index contributed by atoms with van der Waals surface area (Å²) in [6, 6.07) is 12.2. The molecule has 0 heterocycles. The van der Waals surface area contributed by atoms with Crippen LogP contribution >= 0.6 is 0 Å². The minimum Gasteiger partial charge on any atom is -0.481 e. The van der Waals surface area contributed by atoms with Crippen LogP contribution in [0.4, 0.5) is 11.4 Å². The SMILES string of the molecule is Nc1ccc(S(=O)(=O)c2ccc(NCCC(=O)O)cc2)cc1. The van der Waals surface area contributed by atoms with Gasteiger partial charge in [0.15, 0.2) is 0 Å². The first kappa shape index (κ1) is 15.8. The molecule has 22 heavy (non-hydrogen) atoms. The van der Waals surface area contributed by atoms with Crippen molar-refractivity contribution in [1.29, 1.82) is 0 Å². The Morgan fingerprint density at radius 3 is 2.00 bits per heavy atom. The lowest BCUT2D eigenvalue weighted by molar-refractivity contribution is -0.136. The van der Waals surface area contributed by atoms with Crippen molar-refractivity contribution in [2.45, 2.75) is 16.2 Å². The molecule has 2 rings (SSSR count). The summed E-state index contributed by atoms with van der Waals surface area (Å²) < 4.78 is 24.8. The minimum absolute atomic E-state index is 0.00844. The number of carboxylic acids is 1. The van der Waals surface area contributed by atoms with Crippen LogP contribution < -0.4 is 11.1 Å². The number of nitrogens with one attached hydrogen (secondary N) is 1. The normalized spacial score (nSPS) is 11.1. The third-order valence-electron chi connectivity index (χ3n) is 3.02. The van der Waals surface area contributed by atoms with Crippen molar-refractivity contribution in [3.8, 4) is 0 Å². The number of aliphatic carboxylic acids is 1. The quantitative estimate of drug-likeness (QED) is 0.702. The van der Waals surface area contributed by atoms with Crippen LogP contribution in [-0.4, -0.2) is 26.0 Å². The van der Waals surface area contributed by atoms with Gasteiger partial charge in [-0.25, -0.2) is 8.42 Å². The van der Waals surface area contributed by atoms with Gasteiger partial charge in [0, 0.05) is 17.9 Å². The minimum atomic E-state index is -3.58. The number of hydrogen-bond donors (Lipinski definition) is 3. The highest BCUT2D eigenvalue weighted by atomic mass is 32.2. The van der Waals surface area contributed by atoms with Gasteiger partial charge in [-0.1, -0.05) is 0 Å². The lowest BCUT2D eigenvalue weighted by Gasteiger charge is -2.08. The summed E-state index contributed by atoms with van der Waals surface area (Å²) in [4.78, 5) is 10.8. The third kappa shape index (κ3) is 3.76. The van der Waals surface area contributed by atoms with Crippen LogP contribution in [-0.2, 0) is 14.6 Å². The number of hydrogen-bond acceptors (Lipinski definition) is 5. The molecular weight excluding hydrogens is 304 g/mol. The van der Waals surface area contributed by atoms with Crippen molar-refractivity contribution >= 4 is 27.2 Å². The van der Waals surface area contributed by atoms with Gasteiger partial charge in [-0.05, 0) is 48.5 Å². The predicted molar refractivity (Wildman–Crippen MR) is 83.5 cm³/mol. The molecule has 0 aliphatic heterocycles. The highest BCUT2D eigenvalue weighted by Gasteiger charge is 2.17. The molecule has 2 aromatic carbocycles. The number of nitrogen functional groups attached to an aromatic ring is 1. The first-order chi connectivity index (χ1) is 10.4. The Morgan fingerprint density at radius 2 is 1.50 bits per heavy atom. The lowest BCUT2D eigenvalue weighted by Crippen LogP contribution is -2.08. The molecule has 2 aromatic rings. The molecule has 0 saturated carbocycles. The molecule has 0 aliphatic rings. The van der Waals surface area contributed by atoms with Crippen LogP contribution in [0.15, 0.2) is 58.3 Å². The summed E-state index contributed by atoms with van der Waals surface area (Å²) in [5.74, 6) is -0.893.